The van der Waals surface area contributed by atoms with Gasteiger partial charge in [0.15, 0.2) is 0 Å². The molecule has 27 heavy (non-hydrogen) atoms. The van der Waals surface area contributed by atoms with Gasteiger partial charge in [-0.25, -0.2) is 0 Å². The number of rotatable bonds is 7. The van der Waals surface area contributed by atoms with Crippen LogP contribution >= 0.6 is 11.8 Å². The number of methoxy groups -OCH3 is 2. The van der Waals surface area contributed by atoms with Crippen LogP contribution in [-0.4, -0.2) is 20.5 Å². The molecule has 3 aromatic rings. The van der Waals surface area contributed by atoms with Crippen molar-refractivity contribution >= 4 is 23.4 Å². The van der Waals surface area contributed by atoms with Crippen LogP contribution in [0.4, 0.5) is 0 Å². The highest BCUT2D eigenvalue weighted by molar-refractivity contribution is 7.98. The maximum absolute atomic E-state index is 5.41. The van der Waals surface area contributed by atoms with E-state index in [1.165, 1.54) is 21.6 Å². The molecule has 0 fully saturated rings. The monoisotopic (exact) mass is 376 g/mol. The molecule has 3 aromatic carbocycles. The van der Waals surface area contributed by atoms with E-state index < -0.39 is 0 Å². The van der Waals surface area contributed by atoms with E-state index in [0.29, 0.717) is 0 Å². The largest absolute Gasteiger partial charge is 0.497 e. The Kier molecular flexibility index (Phi) is 6.61. The third kappa shape index (κ3) is 4.95. The van der Waals surface area contributed by atoms with E-state index >= 15 is 0 Å². The van der Waals surface area contributed by atoms with Crippen molar-refractivity contribution in [3.8, 4) is 11.5 Å². The summed E-state index contributed by atoms with van der Waals surface area (Å²) in [6.45, 7) is 0. The van der Waals surface area contributed by atoms with Crippen LogP contribution in [0.15, 0.2) is 77.7 Å². The minimum absolute atomic E-state index is 0.867. The molecule has 0 aromatic heterocycles. The maximum atomic E-state index is 5.41. The lowest BCUT2D eigenvalue weighted by molar-refractivity contribution is 0.413. The average molecular weight is 377 g/mol. The van der Waals surface area contributed by atoms with Crippen LogP contribution in [0.25, 0.3) is 11.6 Å². The van der Waals surface area contributed by atoms with Crippen LogP contribution < -0.4 is 9.47 Å². The molecule has 3 heteroatoms. The average Bonchev–Trinajstić information content (AvgIpc) is 2.74. The lowest BCUT2D eigenvalue weighted by Crippen LogP contribution is -1.95. The second-order valence-corrected chi connectivity index (χ2v) is 7.02. The van der Waals surface area contributed by atoms with Crippen molar-refractivity contribution in [3.05, 3.63) is 89.5 Å². The van der Waals surface area contributed by atoms with Gasteiger partial charge in [-0.1, -0.05) is 48.5 Å². The molecule has 0 atom stereocenters. The quantitative estimate of drug-likeness (QED) is 0.361. The number of hydrogen-bond donors (Lipinski definition) is 0. The van der Waals surface area contributed by atoms with Crippen molar-refractivity contribution in [2.75, 3.05) is 20.5 Å². The van der Waals surface area contributed by atoms with Gasteiger partial charge in [-0.2, -0.15) is 0 Å². The normalized spacial score (nSPS) is 11.3. The molecule has 138 valence electrons. The predicted molar refractivity (Wildman–Crippen MR) is 116 cm³/mol. The lowest BCUT2D eigenvalue weighted by atomic mass is 9.96. The van der Waals surface area contributed by atoms with Crippen molar-refractivity contribution in [3.63, 3.8) is 0 Å². The summed E-state index contributed by atoms with van der Waals surface area (Å²) < 4.78 is 10.7. The Labute approximate surface area is 165 Å². The van der Waals surface area contributed by atoms with Crippen LogP contribution in [0.5, 0.6) is 11.5 Å². The molecule has 0 unspecified atom stereocenters. The summed E-state index contributed by atoms with van der Waals surface area (Å²) in [6.07, 6.45) is 5.23. The second-order valence-electron chi connectivity index (χ2n) is 6.17. The molecule has 0 spiro atoms. The molecule has 0 saturated carbocycles. The first-order valence-electron chi connectivity index (χ1n) is 8.84. The standard InChI is InChI=1S/C24H24O2S/c1-25-21-11-9-19(10-12-21)16-20(15-18-7-5-4-6-8-18)23-14-13-22(26-2)17-24(23)27-3/h4-14,16-17H,15H2,1-3H3/b20-16+. The molecule has 0 heterocycles. The molecule has 3 rings (SSSR count). The third-order valence-corrected chi connectivity index (χ3v) is 5.23. The molecule has 0 amide bonds. The Hall–Kier alpha value is -2.65. The first-order valence-corrected chi connectivity index (χ1v) is 10.1. The van der Waals surface area contributed by atoms with Crippen molar-refractivity contribution in [2.45, 2.75) is 11.3 Å². The van der Waals surface area contributed by atoms with Gasteiger partial charge in [-0.05, 0) is 65.3 Å². The third-order valence-electron chi connectivity index (χ3n) is 4.45. The van der Waals surface area contributed by atoms with E-state index in [9.17, 15) is 0 Å². The SMILES string of the molecule is COc1ccc(/C=C(\Cc2ccccc2)c2ccc(OC)cc2SC)cc1. The highest BCUT2D eigenvalue weighted by Crippen LogP contribution is 2.33. The molecule has 0 radical (unpaired) electrons. The maximum Gasteiger partial charge on any atom is 0.120 e. The Morgan fingerprint density at radius 1 is 0.852 bits per heavy atom. The number of hydrogen-bond acceptors (Lipinski definition) is 3. The molecule has 0 aliphatic heterocycles. The van der Waals surface area contributed by atoms with Gasteiger partial charge in [-0.3, -0.25) is 0 Å². The summed E-state index contributed by atoms with van der Waals surface area (Å²) in [4.78, 5) is 1.21. The van der Waals surface area contributed by atoms with Crippen LogP contribution in [0.3, 0.4) is 0 Å². The Morgan fingerprint density at radius 2 is 1.52 bits per heavy atom. The number of benzene rings is 3. The number of ether oxygens (including phenoxy) is 2. The number of thioether (sulfide) groups is 1. The van der Waals surface area contributed by atoms with E-state index in [2.05, 4.69) is 66.9 Å². The van der Waals surface area contributed by atoms with Gasteiger partial charge in [0.1, 0.15) is 11.5 Å². The zero-order valence-corrected chi connectivity index (χ0v) is 16.8. The molecular weight excluding hydrogens is 352 g/mol. The van der Waals surface area contributed by atoms with E-state index in [0.717, 1.165) is 23.5 Å². The molecule has 0 aliphatic carbocycles. The van der Waals surface area contributed by atoms with Crippen molar-refractivity contribution in [1.82, 2.24) is 0 Å². The minimum atomic E-state index is 0.867. The van der Waals surface area contributed by atoms with Crippen molar-refractivity contribution < 1.29 is 9.47 Å². The fraction of sp³-hybridized carbons (Fsp3) is 0.167. The highest BCUT2D eigenvalue weighted by atomic mass is 32.2. The van der Waals surface area contributed by atoms with E-state index in [-0.39, 0.29) is 0 Å². The van der Waals surface area contributed by atoms with Gasteiger partial charge in [0.05, 0.1) is 14.2 Å². The van der Waals surface area contributed by atoms with Crippen LogP contribution in [0.1, 0.15) is 16.7 Å². The Morgan fingerprint density at radius 3 is 2.15 bits per heavy atom. The van der Waals surface area contributed by atoms with Crippen LogP contribution in [0.2, 0.25) is 0 Å². The molecular formula is C24H24O2S. The van der Waals surface area contributed by atoms with E-state index in [1.807, 2.05) is 18.2 Å². The van der Waals surface area contributed by atoms with Gasteiger partial charge >= 0.3 is 0 Å². The fourth-order valence-electron chi connectivity index (χ4n) is 3.00. The van der Waals surface area contributed by atoms with E-state index in [4.69, 9.17) is 9.47 Å². The van der Waals surface area contributed by atoms with Gasteiger partial charge in [0, 0.05) is 4.90 Å². The van der Waals surface area contributed by atoms with Gasteiger partial charge in [-0.15, -0.1) is 11.8 Å². The van der Waals surface area contributed by atoms with Gasteiger partial charge < -0.3 is 9.47 Å². The van der Waals surface area contributed by atoms with Crippen LogP contribution in [0, 0.1) is 0 Å². The second kappa shape index (κ2) is 9.33. The van der Waals surface area contributed by atoms with Gasteiger partial charge in [0.25, 0.3) is 0 Å². The predicted octanol–water partition coefficient (Wildman–Crippen LogP) is 6.21. The van der Waals surface area contributed by atoms with Crippen molar-refractivity contribution in [1.29, 1.82) is 0 Å². The van der Waals surface area contributed by atoms with E-state index in [1.54, 1.807) is 26.0 Å². The first kappa shape index (κ1) is 19.1. The zero-order chi connectivity index (χ0) is 19.1. The minimum Gasteiger partial charge on any atom is -0.497 e. The Balaban J connectivity index is 2.05. The summed E-state index contributed by atoms with van der Waals surface area (Å²) in [5, 5.41) is 0. The van der Waals surface area contributed by atoms with Crippen molar-refractivity contribution in [2.24, 2.45) is 0 Å². The van der Waals surface area contributed by atoms with Crippen LogP contribution in [-0.2, 0) is 6.42 Å². The summed E-state index contributed by atoms with van der Waals surface area (Å²) in [5.74, 6) is 1.75. The molecule has 0 bridgehead atoms. The smallest absolute Gasteiger partial charge is 0.120 e. The van der Waals surface area contributed by atoms with Gasteiger partial charge in [0.2, 0.25) is 0 Å². The summed E-state index contributed by atoms with van der Waals surface area (Å²) >= 11 is 1.74. The Bertz CT molecular complexity index is 899. The zero-order valence-electron chi connectivity index (χ0n) is 15.9. The molecule has 0 N–H and O–H groups in total. The highest BCUT2D eigenvalue weighted by Gasteiger charge is 2.10. The lowest BCUT2D eigenvalue weighted by Gasteiger charge is -2.14. The molecule has 2 nitrogen and oxygen atoms in total. The summed E-state index contributed by atoms with van der Waals surface area (Å²) in [6, 6.07) is 25.0. The first-order chi connectivity index (χ1) is 13.2. The molecule has 0 aliphatic rings. The summed E-state index contributed by atoms with van der Waals surface area (Å²) in [5.41, 5.74) is 4.96. The summed E-state index contributed by atoms with van der Waals surface area (Å²) in [7, 11) is 3.39. The number of allylic oxidation sites excluding steroid dienone is 1. The molecule has 0 saturated heterocycles. The topological polar surface area (TPSA) is 18.5 Å². The fourth-order valence-corrected chi connectivity index (χ4v) is 3.66.